The second-order valence-electron chi connectivity index (χ2n) is 8.21. The molecular formula is C23H46NO5S-. The number of carbonyl (C=O) groups excluding carboxylic acids is 1. The van der Waals surface area contributed by atoms with Crippen molar-refractivity contribution in [2.45, 2.75) is 128 Å². The number of carbonyl (C=O) groups is 1. The highest BCUT2D eigenvalue weighted by molar-refractivity contribution is 7.79. The van der Waals surface area contributed by atoms with Crippen molar-refractivity contribution in [3.8, 4) is 0 Å². The van der Waals surface area contributed by atoms with Gasteiger partial charge in [0.15, 0.2) is 5.44 Å². The standard InChI is InChI=1S/C23H47NO5S/c1-4-5-6-7-8-9-10-11-12-13-14-15-16-17-18-19-20-24-23(25)29-22(30(26)27)21(2)28-3/h21-22H,4-20H2,1-3H3,(H,24,25)(H,26,27)/p-1. The molecule has 30 heavy (non-hydrogen) atoms. The SMILES string of the molecule is CCCCCCCCCCCCCCCCCCNC(=O)OC(C(C)OC)S(=O)[O-]. The van der Waals surface area contributed by atoms with Crippen molar-refractivity contribution >= 4 is 17.2 Å². The fourth-order valence-electron chi connectivity index (χ4n) is 3.41. The summed E-state index contributed by atoms with van der Waals surface area (Å²) in [6, 6.07) is 0. The van der Waals surface area contributed by atoms with Gasteiger partial charge in [-0.2, -0.15) is 0 Å². The van der Waals surface area contributed by atoms with Crippen molar-refractivity contribution in [3.05, 3.63) is 0 Å². The van der Waals surface area contributed by atoms with Crippen LogP contribution in [0, 0.1) is 0 Å². The summed E-state index contributed by atoms with van der Waals surface area (Å²) in [7, 11) is 1.38. The maximum Gasteiger partial charge on any atom is 0.408 e. The van der Waals surface area contributed by atoms with E-state index in [9.17, 15) is 13.6 Å². The number of hydrogen-bond donors (Lipinski definition) is 1. The molecule has 3 unspecified atom stereocenters. The van der Waals surface area contributed by atoms with E-state index < -0.39 is 28.7 Å². The van der Waals surface area contributed by atoms with Crippen LogP contribution in [0.5, 0.6) is 0 Å². The lowest BCUT2D eigenvalue weighted by Crippen LogP contribution is -2.38. The summed E-state index contributed by atoms with van der Waals surface area (Å²) in [6.45, 7) is 4.31. The molecule has 0 bridgehead atoms. The van der Waals surface area contributed by atoms with Crippen LogP contribution in [0.2, 0.25) is 0 Å². The minimum absolute atomic E-state index is 0.497. The van der Waals surface area contributed by atoms with Crippen molar-refractivity contribution in [1.29, 1.82) is 0 Å². The van der Waals surface area contributed by atoms with Crippen molar-refractivity contribution in [1.82, 2.24) is 5.32 Å². The first-order chi connectivity index (χ1) is 14.5. The molecule has 0 rings (SSSR count). The molecule has 1 N–H and O–H groups in total. The van der Waals surface area contributed by atoms with Crippen LogP contribution < -0.4 is 5.32 Å². The van der Waals surface area contributed by atoms with Crippen LogP contribution in [-0.2, 0) is 20.6 Å². The molecule has 0 radical (unpaired) electrons. The number of alkyl carbamates (subject to hydrolysis) is 1. The van der Waals surface area contributed by atoms with Gasteiger partial charge in [-0.15, -0.1) is 0 Å². The molecule has 0 aliphatic heterocycles. The Hall–Kier alpha value is -0.660. The summed E-state index contributed by atoms with van der Waals surface area (Å²) in [6.07, 6.45) is 19.4. The second-order valence-corrected chi connectivity index (χ2v) is 9.19. The van der Waals surface area contributed by atoms with Crippen molar-refractivity contribution in [2.24, 2.45) is 0 Å². The van der Waals surface area contributed by atoms with Gasteiger partial charge in [0.05, 0.1) is 0 Å². The number of nitrogens with one attached hydrogen (secondary N) is 1. The molecule has 0 spiro atoms. The molecule has 0 heterocycles. The molecule has 7 heteroatoms. The molecule has 0 saturated heterocycles. The van der Waals surface area contributed by atoms with Crippen LogP contribution in [0.15, 0.2) is 0 Å². The molecule has 0 aromatic carbocycles. The lowest BCUT2D eigenvalue weighted by atomic mass is 10.0. The van der Waals surface area contributed by atoms with Gasteiger partial charge in [0.2, 0.25) is 0 Å². The van der Waals surface area contributed by atoms with Gasteiger partial charge in [-0.3, -0.25) is 4.21 Å². The number of rotatable bonds is 21. The molecule has 6 nitrogen and oxygen atoms in total. The molecule has 0 aromatic rings. The van der Waals surface area contributed by atoms with Gasteiger partial charge in [0, 0.05) is 13.7 Å². The molecule has 0 aliphatic carbocycles. The van der Waals surface area contributed by atoms with E-state index >= 15 is 0 Å². The zero-order valence-electron chi connectivity index (χ0n) is 19.6. The predicted octanol–water partition coefficient (Wildman–Crippen LogP) is 6.21. The van der Waals surface area contributed by atoms with E-state index in [1.807, 2.05) is 0 Å². The smallest absolute Gasteiger partial charge is 0.408 e. The second kappa shape index (κ2) is 21.6. The Kier molecular flexibility index (Phi) is 21.1. The maximum atomic E-state index is 11.7. The zero-order valence-corrected chi connectivity index (χ0v) is 20.4. The van der Waals surface area contributed by atoms with Gasteiger partial charge in [0.25, 0.3) is 0 Å². The molecular weight excluding hydrogens is 402 g/mol. The minimum Gasteiger partial charge on any atom is -0.769 e. The molecule has 3 atom stereocenters. The van der Waals surface area contributed by atoms with Crippen molar-refractivity contribution in [3.63, 3.8) is 0 Å². The summed E-state index contributed by atoms with van der Waals surface area (Å²) in [4.78, 5) is 11.7. The minimum atomic E-state index is -2.53. The van der Waals surface area contributed by atoms with E-state index in [-0.39, 0.29) is 0 Å². The van der Waals surface area contributed by atoms with Crippen LogP contribution in [0.4, 0.5) is 4.79 Å². The van der Waals surface area contributed by atoms with Gasteiger partial charge >= 0.3 is 6.09 Å². The molecule has 1 amide bonds. The first-order valence-electron chi connectivity index (χ1n) is 12.1. The van der Waals surface area contributed by atoms with E-state index in [0.717, 1.165) is 12.8 Å². The molecule has 0 aliphatic rings. The summed E-state index contributed by atoms with van der Waals surface area (Å²) < 4.78 is 32.0. The third-order valence-electron chi connectivity index (χ3n) is 5.47. The zero-order chi connectivity index (χ0) is 22.5. The normalized spacial score (nSPS) is 14.3. The fourth-order valence-corrected chi connectivity index (χ4v) is 4.00. The Balaban J connectivity index is 3.38. The topological polar surface area (TPSA) is 87.7 Å². The Labute approximate surface area is 187 Å². The predicted molar refractivity (Wildman–Crippen MR) is 123 cm³/mol. The first-order valence-corrected chi connectivity index (χ1v) is 13.2. The van der Waals surface area contributed by atoms with Gasteiger partial charge in [-0.1, -0.05) is 103 Å². The first kappa shape index (κ1) is 29.3. The van der Waals surface area contributed by atoms with E-state index in [1.54, 1.807) is 6.92 Å². The van der Waals surface area contributed by atoms with Crippen molar-refractivity contribution < 1.29 is 23.0 Å². The Morgan fingerprint density at radius 3 is 1.60 bits per heavy atom. The van der Waals surface area contributed by atoms with E-state index in [2.05, 4.69) is 12.2 Å². The summed E-state index contributed by atoms with van der Waals surface area (Å²) in [5.74, 6) is 0. The quantitative estimate of drug-likeness (QED) is 0.166. The van der Waals surface area contributed by atoms with E-state index in [0.29, 0.717) is 6.54 Å². The highest BCUT2D eigenvalue weighted by Crippen LogP contribution is 2.13. The van der Waals surface area contributed by atoms with Crippen LogP contribution in [0.25, 0.3) is 0 Å². The lowest BCUT2D eigenvalue weighted by Gasteiger charge is -2.24. The number of ether oxygens (including phenoxy) is 2. The van der Waals surface area contributed by atoms with Crippen LogP contribution in [0.3, 0.4) is 0 Å². The van der Waals surface area contributed by atoms with E-state index in [1.165, 1.54) is 97.0 Å². The number of methoxy groups -OCH3 is 1. The van der Waals surface area contributed by atoms with Gasteiger partial charge in [-0.05, 0) is 24.4 Å². The molecule has 0 saturated carbocycles. The summed E-state index contributed by atoms with van der Waals surface area (Å²) in [5.41, 5.74) is -1.29. The molecule has 0 aromatic heterocycles. The van der Waals surface area contributed by atoms with Gasteiger partial charge in [-0.25, -0.2) is 4.79 Å². The third-order valence-corrected chi connectivity index (χ3v) is 6.33. The molecule has 0 fully saturated rings. The largest absolute Gasteiger partial charge is 0.769 e. The number of unbranched alkanes of at least 4 members (excludes halogenated alkanes) is 15. The Morgan fingerprint density at radius 2 is 1.23 bits per heavy atom. The monoisotopic (exact) mass is 448 g/mol. The number of hydrogen-bond acceptors (Lipinski definition) is 5. The van der Waals surface area contributed by atoms with Crippen LogP contribution >= 0.6 is 0 Å². The maximum absolute atomic E-state index is 11.7. The highest BCUT2D eigenvalue weighted by Gasteiger charge is 2.22. The average molecular weight is 449 g/mol. The highest BCUT2D eigenvalue weighted by atomic mass is 32.2. The number of amides is 1. The van der Waals surface area contributed by atoms with Crippen molar-refractivity contribution in [2.75, 3.05) is 13.7 Å². The van der Waals surface area contributed by atoms with Gasteiger partial charge < -0.3 is 19.3 Å². The summed E-state index contributed by atoms with van der Waals surface area (Å²) >= 11 is -2.53. The Morgan fingerprint density at radius 1 is 0.833 bits per heavy atom. The van der Waals surface area contributed by atoms with Crippen LogP contribution in [0.1, 0.15) is 117 Å². The Bertz CT molecular complexity index is 422. The summed E-state index contributed by atoms with van der Waals surface area (Å²) in [5, 5.41) is 2.61. The molecule has 180 valence electrons. The third kappa shape index (κ3) is 18.1. The lowest BCUT2D eigenvalue weighted by molar-refractivity contribution is 0.0240. The van der Waals surface area contributed by atoms with E-state index in [4.69, 9.17) is 9.47 Å². The van der Waals surface area contributed by atoms with Crippen LogP contribution in [-0.4, -0.2) is 40.0 Å². The average Bonchev–Trinajstić information content (AvgIpc) is 2.73. The van der Waals surface area contributed by atoms with Gasteiger partial charge in [0.1, 0.15) is 6.10 Å². The fraction of sp³-hybridized carbons (Fsp3) is 0.957.